The number of piperidine rings is 1. The van der Waals surface area contributed by atoms with Crippen molar-refractivity contribution in [2.24, 2.45) is 11.8 Å². The van der Waals surface area contributed by atoms with Crippen LogP contribution in [-0.2, 0) is 11.3 Å². The summed E-state index contributed by atoms with van der Waals surface area (Å²) in [4.78, 5) is 25.1. The standard InChI is InChI=1S/C16H21ClN2O4/c1-10-6-11(15(20)21)9-19(8-10)16(22)18-7-12-13(17)4-3-5-14(12)23-2/h3-5,10-11H,6-9H2,1-2H3,(H,18,22)(H,20,21). The number of carbonyl (C=O) groups excluding carboxylic acids is 1. The molecule has 1 aliphatic heterocycles. The maximum Gasteiger partial charge on any atom is 0.317 e. The van der Waals surface area contributed by atoms with Gasteiger partial charge in [-0.05, 0) is 24.5 Å². The van der Waals surface area contributed by atoms with Crippen LogP contribution in [0.15, 0.2) is 18.2 Å². The van der Waals surface area contributed by atoms with E-state index in [9.17, 15) is 14.7 Å². The molecule has 1 saturated heterocycles. The molecule has 2 rings (SSSR count). The van der Waals surface area contributed by atoms with Gasteiger partial charge in [0.25, 0.3) is 0 Å². The van der Waals surface area contributed by atoms with E-state index in [1.807, 2.05) is 6.92 Å². The molecule has 0 saturated carbocycles. The predicted molar refractivity (Wildman–Crippen MR) is 86.7 cm³/mol. The Morgan fingerprint density at radius 3 is 2.83 bits per heavy atom. The first-order chi connectivity index (χ1) is 10.9. The SMILES string of the molecule is COc1cccc(Cl)c1CNC(=O)N1CC(C)CC(C(=O)O)C1. The quantitative estimate of drug-likeness (QED) is 0.883. The van der Waals surface area contributed by atoms with Gasteiger partial charge in [0.2, 0.25) is 0 Å². The van der Waals surface area contributed by atoms with E-state index < -0.39 is 11.9 Å². The van der Waals surface area contributed by atoms with E-state index in [2.05, 4.69) is 5.32 Å². The normalized spacial score (nSPS) is 20.9. The lowest BCUT2D eigenvalue weighted by molar-refractivity contribution is -0.143. The average molecular weight is 341 g/mol. The topological polar surface area (TPSA) is 78.9 Å². The Bertz CT molecular complexity index is 593. The zero-order chi connectivity index (χ0) is 17.0. The Kier molecular flexibility index (Phi) is 5.71. The minimum Gasteiger partial charge on any atom is -0.496 e. The van der Waals surface area contributed by atoms with Crippen molar-refractivity contribution in [1.29, 1.82) is 0 Å². The monoisotopic (exact) mass is 340 g/mol. The summed E-state index contributed by atoms with van der Waals surface area (Å²) in [5.74, 6) is -0.611. The summed E-state index contributed by atoms with van der Waals surface area (Å²) in [5, 5.41) is 12.5. The van der Waals surface area contributed by atoms with Crippen LogP contribution in [0.25, 0.3) is 0 Å². The molecule has 1 fully saturated rings. The van der Waals surface area contributed by atoms with Crippen molar-refractivity contribution in [2.45, 2.75) is 19.9 Å². The van der Waals surface area contributed by atoms with Crippen LogP contribution in [0, 0.1) is 11.8 Å². The van der Waals surface area contributed by atoms with E-state index in [0.29, 0.717) is 29.3 Å². The number of rotatable bonds is 4. The second-order valence-corrected chi connectivity index (χ2v) is 6.27. The third-order valence-corrected chi connectivity index (χ3v) is 4.36. The van der Waals surface area contributed by atoms with Gasteiger partial charge in [0.05, 0.1) is 13.0 Å². The zero-order valence-electron chi connectivity index (χ0n) is 13.2. The van der Waals surface area contributed by atoms with Crippen LogP contribution in [0.2, 0.25) is 5.02 Å². The van der Waals surface area contributed by atoms with E-state index >= 15 is 0 Å². The molecular formula is C16H21ClN2O4. The number of amides is 2. The lowest BCUT2D eigenvalue weighted by Gasteiger charge is -2.34. The first-order valence-electron chi connectivity index (χ1n) is 7.49. The van der Waals surface area contributed by atoms with Crippen molar-refractivity contribution in [3.05, 3.63) is 28.8 Å². The van der Waals surface area contributed by atoms with E-state index in [1.54, 1.807) is 30.2 Å². The largest absolute Gasteiger partial charge is 0.496 e. The lowest BCUT2D eigenvalue weighted by atomic mass is 9.91. The van der Waals surface area contributed by atoms with Gasteiger partial charge < -0.3 is 20.1 Å². The number of benzene rings is 1. The number of ether oxygens (including phenoxy) is 1. The van der Waals surface area contributed by atoms with Gasteiger partial charge in [0.15, 0.2) is 0 Å². The number of carboxylic acid groups (broad SMARTS) is 1. The number of halogens is 1. The van der Waals surface area contributed by atoms with Gasteiger partial charge in [-0.2, -0.15) is 0 Å². The molecule has 6 nitrogen and oxygen atoms in total. The third kappa shape index (κ3) is 4.28. The van der Waals surface area contributed by atoms with Crippen LogP contribution in [-0.4, -0.2) is 42.2 Å². The molecular weight excluding hydrogens is 320 g/mol. The number of hydrogen-bond donors (Lipinski definition) is 2. The number of carboxylic acids is 1. The highest BCUT2D eigenvalue weighted by molar-refractivity contribution is 6.31. The summed E-state index contributed by atoms with van der Waals surface area (Å²) in [6, 6.07) is 4.99. The van der Waals surface area contributed by atoms with Gasteiger partial charge in [0.1, 0.15) is 5.75 Å². The number of carbonyl (C=O) groups is 2. The van der Waals surface area contributed by atoms with Gasteiger partial charge >= 0.3 is 12.0 Å². The molecule has 1 heterocycles. The summed E-state index contributed by atoms with van der Waals surface area (Å²) in [7, 11) is 1.54. The van der Waals surface area contributed by atoms with Crippen molar-refractivity contribution < 1.29 is 19.4 Å². The van der Waals surface area contributed by atoms with Gasteiger partial charge in [-0.3, -0.25) is 4.79 Å². The second kappa shape index (κ2) is 7.55. The summed E-state index contributed by atoms with van der Waals surface area (Å²) < 4.78 is 5.24. The first kappa shape index (κ1) is 17.4. The number of urea groups is 1. The van der Waals surface area contributed by atoms with Gasteiger partial charge in [0, 0.05) is 30.2 Å². The predicted octanol–water partition coefficient (Wildman–Crippen LogP) is 2.60. The molecule has 0 spiro atoms. The van der Waals surface area contributed by atoms with Gasteiger partial charge in [-0.25, -0.2) is 4.79 Å². The number of hydrogen-bond acceptors (Lipinski definition) is 3. The minimum atomic E-state index is -0.859. The van der Waals surface area contributed by atoms with Crippen LogP contribution in [0.1, 0.15) is 18.9 Å². The fraction of sp³-hybridized carbons (Fsp3) is 0.500. The molecule has 1 aromatic rings. The Labute approximate surface area is 140 Å². The maximum absolute atomic E-state index is 12.3. The van der Waals surface area contributed by atoms with Crippen LogP contribution in [0.3, 0.4) is 0 Å². The van der Waals surface area contributed by atoms with E-state index in [4.69, 9.17) is 16.3 Å². The van der Waals surface area contributed by atoms with E-state index in [1.165, 1.54) is 0 Å². The molecule has 2 atom stereocenters. The number of nitrogens with one attached hydrogen (secondary N) is 1. The molecule has 1 aromatic carbocycles. The Balaban J connectivity index is 2.01. The first-order valence-corrected chi connectivity index (χ1v) is 7.87. The molecule has 0 aromatic heterocycles. The molecule has 2 N–H and O–H groups in total. The number of aliphatic carboxylic acids is 1. The van der Waals surface area contributed by atoms with E-state index in [-0.39, 0.29) is 25.0 Å². The summed E-state index contributed by atoms with van der Waals surface area (Å²) in [6.07, 6.45) is 0.595. The summed E-state index contributed by atoms with van der Waals surface area (Å²) >= 11 is 6.14. The third-order valence-electron chi connectivity index (χ3n) is 4.01. The maximum atomic E-state index is 12.3. The molecule has 1 aliphatic rings. The fourth-order valence-electron chi connectivity index (χ4n) is 2.87. The Morgan fingerprint density at radius 2 is 2.17 bits per heavy atom. The van der Waals surface area contributed by atoms with Gasteiger partial charge in [-0.1, -0.05) is 24.6 Å². The molecule has 0 aliphatic carbocycles. The molecule has 2 amide bonds. The van der Waals surface area contributed by atoms with Crippen molar-refractivity contribution >= 4 is 23.6 Å². The van der Waals surface area contributed by atoms with Crippen molar-refractivity contribution in [2.75, 3.05) is 20.2 Å². The molecule has 0 bridgehead atoms. The molecule has 7 heteroatoms. The van der Waals surface area contributed by atoms with Crippen LogP contribution >= 0.6 is 11.6 Å². The molecule has 0 radical (unpaired) electrons. The summed E-state index contributed by atoms with van der Waals surface area (Å²) in [6.45, 7) is 2.96. The summed E-state index contributed by atoms with van der Waals surface area (Å²) in [5.41, 5.74) is 0.699. The lowest BCUT2D eigenvalue weighted by Crippen LogP contribution is -2.49. The molecule has 23 heavy (non-hydrogen) atoms. The van der Waals surface area contributed by atoms with Crippen molar-refractivity contribution in [1.82, 2.24) is 10.2 Å². The smallest absolute Gasteiger partial charge is 0.317 e. The van der Waals surface area contributed by atoms with Crippen molar-refractivity contribution in [3.8, 4) is 5.75 Å². The molecule has 2 unspecified atom stereocenters. The zero-order valence-corrected chi connectivity index (χ0v) is 14.0. The second-order valence-electron chi connectivity index (χ2n) is 5.86. The van der Waals surface area contributed by atoms with E-state index in [0.717, 1.165) is 0 Å². The highest BCUT2D eigenvalue weighted by Gasteiger charge is 2.31. The number of likely N-dealkylation sites (tertiary alicyclic amines) is 1. The van der Waals surface area contributed by atoms with Gasteiger partial charge in [-0.15, -0.1) is 0 Å². The number of nitrogens with zero attached hydrogens (tertiary/aromatic N) is 1. The fourth-order valence-corrected chi connectivity index (χ4v) is 3.11. The molecule has 126 valence electrons. The average Bonchev–Trinajstić information content (AvgIpc) is 2.52. The number of methoxy groups -OCH3 is 1. The van der Waals surface area contributed by atoms with Crippen LogP contribution in [0.4, 0.5) is 4.79 Å². The van der Waals surface area contributed by atoms with Crippen molar-refractivity contribution in [3.63, 3.8) is 0 Å². The Morgan fingerprint density at radius 1 is 1.43 bits per heavy atom. The highest BCUT2D eigenvalue weighted by Crippen LogP contribution is 2.26. The minimum absolute atomic E-state index is 0.158. The Hall–Kier alpha value is -1.95. The highest BCUT2D eigenvalue weighted by atomic mass is 35.5. The van der Waals surface area contributed by atoms with Crippen LogP contribution < -0.4 is 10.1 Å². The van der Waals surface area contributed by atoms with Crippen LogP contribution in [0.5, 0.6) is 5.75 Å².